The first-order valence-electron chi connectivity index (χ1n) is 5.76. The summed E-state index contributed by atoms with van der Waals surface area (Å²) >= 11 is 6.07. The molecule has 0 aliphatic heterocycles. The van der Waals surface area contributed by atoms with Crippen LogP contribution in [0, 0.1) is 12.8 Å². The van der Waals surface area contributed by atoms with Crippen LogP contribution in [0.5, 0.6) is 0 Å². The van der Waals surface area contributed by atoms with Crippen LogP contribution < -0.4 is 10.6 Å². The number of benzene rings is 1. The Kier molecular flexibility index (Phi) is 4.48. The van der Waals surface area contributed by atoms with Gasteiger partial charge in [0.1, 0.15) is 0 Å². The van der Waals surface area contributed by atoms with Crippen LogP contribution in [0.3, 0.4) is 0 Å². The van der Waals surface area contributed by atoms with E-state index in [2.05, 4.69) is 32.6 Å². The molecule has 0 radical (unpaired) electrons. The molecule has 0 amide bonds. The van der Waals surface area contributed by atoms with Crippen molar-refractivity contribution in [2.45, 2.75) is 27.7 Å². The summed E-state index contributed by atoms with van der Waals surface area (Å²) in [6.07, 6.45) is 0. The molecular weight excluding hydrogens is 220 g/mol. The van der Waals surface area contributed by atoms with E-state index in [1.54, 1.807) is 0 Å². The number of hydrogen-bond acceptors (Lipinski definition) is 2. The summed E-state index contributed by atoms with van der Waals surface area (Å²) in [6, 6.07) is 3.92. The number of nitrogen functional groups attached to an aromatic ring is 1. The highest BCUT2D eigenvalue weighted by molar-refractivity contribution is 6.33. The van der Waals surface area contributed by atoms with Crippen LogP contribution in [-0.4, -0.2) is 13.1 Å². The Bertz CT molecular complexity index is 361. The molecule has 2 nitrogen and oxygen atoms in total. The maximum absolute atomic E-state index is 6.07. The summed E-state index contributed by atoms with van der Waals surface area (Å²) in [4.78, 5) is 2.34. The van der Waals surface area contributed by atoms with Gasteiger partial charge in [0, 0.05) is 18.8 Å². The topological polar surface area (TPSA) is 29.3 Å². The van der Waals surface area contributed by atoms with E-state index >= 15 is 0 Å². The highest BCUT2D eigenvalue weighted by atomic mass is 35.5. The molecule has 1 aromatic carbocycles. The van der Waals surface area contributed by atoms with Crippen LogP contribution in [0.2, 0.25) is 5.02 Å². The Labute approximate surface area is 103 Å². The molecule has 0 spiro atoms. The Morgan fingerprint density at radius 1 is 1.38 bits per heavy atom. The van der Waals surface area contributed by atoms with E-state index in [-0.39, 0.29) is 0 Å². The van der Waals surface area contributed by atoms with Gasteiger partial charge in [0.15, 0.2) is 0 Å². The highest BCUT2D eigenvalue weighted by Crippen LogP contribution is 2.29. The maximum Gasteiger partial charge on any atom is 0.0656 e. The zero-order valence-electron chi connectivity index (χ0n) is 10.5. The summed E-state index contributed by atoms with van der Waals surface area (Å²) < 4.78 is 0. The van der Waals surface area contributed by atoms with Crippen molar-refractivity contribution in [1.82, 2.24) is 0 Å². The maximum atomic E-state index is 6.07. The van der Waals surface area contributed by atoms with Gasteiger partial charge >= 0.3 is 0 Å². The molecular formula is C13H21ClN2. The van der Waals surface area contributed by atoms with Crippen molar-refractivity contribution in [3.05, 3.63) is 22.7 Å². The lowest BCUT2D eigenvalue weighted by Crippen LogP contribution is -2.27. The second-order valence-corrected chi connectivity index (χ2v) is 5.00. The molecule has 0 aromatic heterocycles. The molecule has 1 aromatic rings. The van der Waals surface area contributed by atoms with E-state index in [9.17, 15) is 0 Å². The summed E-state index contributed by atoms with van der Waals surface area (Å²) in [5, 5.41) is 0.641. The van der Waals surface area contributed by atoms with E-state index in [1.807, 2.05) is 12.1 Å². The molecule has 0 saturated carbocycles. The third-order valence-electron chi connectivity index (χ3n) is 2.62. The smallest absolute Gasteiger partial charge is 0.0656 e. The average molecular weight is 241 g/mol. The summed E-state index contributed by atoms with van der Waals surface area (Å²) in [6.45, 7) is 10.7. The van der Waals surface area contributed by atoms with Gasteiger partial charge < -0.3 is 10.6 Å². The normalized spacial score (nSPS) is 10.9. The lowest BCUT2D eigenvalue weighted by Gasteiger charge is -2.27. The van der Waals surface area contributed by atoms with Crippen molar-refractivity contribution in [2.75, 3.05) is 23.7 Å². The first kappa shape index (κ1) is 13.2. The van der Waals surface area contributed by atoms with Gasteiger partial charge in [0.2, 0.25) is 0 Å². The fourth-order valence-electron chi connectivity index (χ4n) is 1.87. The predicted molar refractivity (Wildman–Crippen MR) is 73.3 cm³/mol. The summed E-state index contributed by atoms with van der Waals surface area (Å²) in [7, 11) is 0. The van der Waals surface area contributed by atoms with E-state index in [0.717, 1.165) is 13.1 Å². The van der Waals surface area contributed by atoms with Gasteiger partial charge in [0.05, 0.1) is 10.7 Å². The Balaban J connectivity index is 3.05. The van der Waals surface area contributed by atoms with Crippen molar-refractivity contribution in [2.24, 2.45) is 5.92 Å². The molecule has 1 rings (SSSR count). The molecule has 0 fully saturated rings. The number of anilines is 2. The number of nitrogens with two attached hydrogens (primary N) is 1. The van der Waals surface area contributed by atoms with Crippen LogP contribution in [0.4, 0.5) is 11.4 Å². The standard InChI is InChI=1S/C13H21ClN2/c1-5-16(8-9(2)3)13-7-11(14)12(15)6-10(13)4/h6-7,9H,5,8,15H2,1-4H3. The van der Waals surface area contributed by atoms with Gasteiger partial charge in [-0.25, -0.2) is 0 Å². The van der Waals surface area contributed by atoms with E-state index < -0.39 is 0 Å². The molecule has 0 saturated heterocycles. The van der Waals surface area contributed by atoms with E-state index in [4.69, 9.17) is 17.3 Å². The minimum atomic E-state index is 0.635. The second-order valence-electron chi connectivity index (χ2n) is 4.59. The molecule has 0 atom stereocenters. The first-order valence-corrected chi connectivity index (χ1v) is 6.14. The lowest BCUT2D eigenvalue weighted by atomic mass is 10.1. The van der Waals surface area contributed by atoms with Crippen LogP contribution in [-0.2, 0) is 0 Å². The monoisotopic (exact) mass is 240 g/mol. The quantitative estimate of drug-likeness (QED) is 0.813. The lowest BCUT2D eigenvalue weighted by molar-refractivity contribution is 0.618. The van der Waals surface area contributed by atoms with Crippen molar-refractivity contribution in [3.63, 3.8) is 0 Å². The summed E-state index contributed by atoms with van der Waals surface area (Å²) in [5.41, 5.74) is 8.81. The van der Waals surface area contributed by atoms with E-state index in [1.165, 1.54) is 11.3 Å². The number of rotatable bonds is 4. The van der Waals surface area contributed by atoms with Crippen molar-refractivity contribution in [3.8, 4) is 0 Å². The zero-order valence-corrected chi connectivity index (χ0v) is 11.3. The minimum absolute atomic E-state index is 0.635. The molecule has 2 N–H and O–H groups in total. The van der Waals surface area contributed by atoms with Crippen LogP contribution in [0.1, 0.15) is 26.3 Å². The molecule has 0 heterocycles. The van der Waals surface area contributed by atoms with Gasteiger partial charge in [-0.15, -0.1) is 0 Å². The van der Waals surface area contributed by atoms with Crippen LogP contribution >= 0.6 is 11.6 Å². The Hall–Kier alpha value is -0.890. The Morgan fingerprint density at radius 3 is 2.50 bits per heavy atom. The second kappa shape index (κ2) is 5.44. The highest BCUT2D eigenvalue weighted by Gasteiger charge is 2.11. The van der Waals surface area contributed by atoms with Gasteiger partial charge in [-0.05, 0) is 37.5 Å². The van der Waals surface area contributed by atoms with Crippen molar-refractivity contribution < 1.29 is 0 Å². The van der Waals surface area contributed by atoms with Crippen LogP contribution in [0.25, 0.3) is 0 Å². The third kappa shape index (κ3) is 3.05. The number of aryl methyl sites for hydroxylation is 1. The van der Waals surface area contributed by atoms with Gasteiger partial charge in [-0.3, -0.25) is 0 Å². The third-order valence-corrected chi connectivity index (χ3v) is 2.95. The fraction of sp³-hybridized carbons (Fsp3) is 0.538. The molecule has 90 valence electrons. The molecule has 0 aliphatic carbocycles. The zero-order chi connectivity index (χ0) is 12.3. The number of halogens is 1. The van der Waals surface area contributed by atoms with Gasteiger partial charge in [-0.2, -0.15) is 0 Å². The number of hydrogen-bond donors (Lipinski definition) is 1. The molecule has 0 unspecified atom stereocenters. The molecule has 0 bridgehead atoms. The molecule has 3 heteroatoms. The molecule has 0 aliphatic rings. The van der Waals surface area contributed by atoms with Crippen molar-refractivity contribution in [1.29, 1.82) is 0 Å². The average Bonchev–Trinajstić information content (AvgIpc) is 2.20. The van der Waals surface area contributed by atoms with Crippen molar-refractivity contribution >= 4 is 23.0 Å². The number of nitrogens with zero attached hydrogens (tertiary/aromatic N) is 1. The van der Waals surface area contributed by atoms with Crippen LogP contribution in [0.15, 0.2) is 12.1 Å². The largest absolute Gasteiger partial charge is 0.398 e. The molecule has 16 heavy (non-hydrogen) atoms. The van der Waals surface area contributed by atoms with Gasteiger partial charge in [-0.1, -0.05) is 25.4 Å². The van der Waals surface area contributed by atoms with E-state index in [0.29, 0.717) is 16.6 Å². The minimum Gasteiger partial charge on any atom is -0.398 e. The fourth-order valence-corrected chi connectivity index (χ4v) is 2.03. The predicted octanol–water partition coefficient (Wildman–Crippen LogP) is 3.71. The Morgan fingerprint density at radius 2 is 2.00 bits per heavy atom. The first-order chi connectivity index (χ1) is 7.45. The van der Waals surface area contributed by atoms with Gasteiger partial charge in [0.25, 0.3) is 0 Å². The SMILES string of the molecule is CCN(CC(C)C)c1cc(Cl)c(N)cc1C. The summed E-state index contributed by atoms with van der Waals surface area (Å²) in [5.74, 6) is 0.635.